The van der Waals surface area contributed by atoms with Crippen molar-refractivity contribution in [3.8, 4) is 11.5 Å². The fourth-order valence-electron chi connectivity index (χ4n) is 4.24. The third-order valence-corrected chi connectivity index (χ3v) is 8.04. The van der Waals surface area contributed by atoms with Gasteiger partial charge in [-0.1, -0.05) is 30.3 Å². The molecule has 0 unspecified atom stereocenters. The molecule has 2 heterocycles. The summed E-state index contributed by atoms with van der Waals surface area (Å²) < 4.78 is 40.0. The van der Waals surface area contributed by atoms with E-state index < -0.39 is 10.0 Å². The number of rotatable bonds is 8. The van der Waals surface area contributed by atoms with Crippen LogP contribution in [-0.4, -0.2) is 55.7 Å². The Hall–Kier alpha value is -3.37. The number of methoxy groups -OCH3 is 2. The Balaban J connectivity index is 1.40. The zero-order chi connectivity index (χ0) is 25.0. The molecule has 1 aromatic heterocycles. The molecule has 0 radical (unpaired) electrons. The average Bonchev–Trinajstić information content (AvgIpc) is 3.22. The van der Waals surface area contributed by atoms with Crippen LogP contribution in [0.25, 0.3) is 0 Å². The van der Waals surface area contributed by atoms with Crippen LogP contribution in [-0.2, 0) is 21.4 Å². The van der Waals surface area contributed by atoms with Crippen LogP contribution in [0, 0.1) is 12.8 Å². The number of hydrogen-bond acceptors (Lipinski definition) is 6. The molecule has 4 rings (SSSR count). The molecule has 1 N–H and O–H groups in total. The van der Waals surface area contributed by atoms with Gasteiger partial charge in [0.25, 0.3) is 0 Å². The first-order valence-corrected chi connectivity index (χ1v) is 12.9. The topological polar surface area (TPSA) is 103 Å². The van der Waals surface area contributed by atoms with Gasteiger partial charge in [0.1, 0.15) is 5.82 Å². The molecular formula is C25H30N4O5S. The lowest BCUT2D eigenvalue weighted by molar-refractivity contribution is -0.121. The van der Waals surface area contributed by atoms with Crippen molar-refractivity contribution < 1.29 is 22.7 Å². The summed E-state index contributed by atoms with van der Waals surface area (Å²) in [6, 6.07) is 16.3. The van der Waals surface area contributed by atoms with E-state index in [-0.39, 0.29) is 29.8 Å². The average molecular weight is 499 g/mol. The van der Waals surface area contributed by atoms with Gasteiger partial charge >= 0.3 is 0 Å². The summed E-state index contributed by atoms with van der Waals surface area (Å²) in [6.45, 7) is 2.95. The number of nitrogens with one attached hydrogen (secondary N) is 1. The number of nitrogens with zero attached hydrogens (tertiary/aromatic N) is 3. The van der Waals surface area contributed by atoms with E-state index in [0.717, 1.165) is 11.3 Å². The highest BCUT2D eigenvalue weighted by Gasteiger charge is 2.33. The first-order valence-electron chi connectivity index (χ1n) is 11.4. The maximum absolute atomic E-state index is 13.2. The standard InChI is InChI=1S/C25H30N4O5S/c1-18-15-24(29(27-18)17-19-7-5-4-6-8-19)26-25(30)20-11-13-28(14-12-20)35(31,32)21-9-10-22(33-2)23(16-21)34-3/h4-10,15-16,20H,11-14,17H2,1-3H3,(H,26,30). The number of piperidine rings is 1. The molecule has 2 aromatic carbocycles. The SMILES string of the molecule is COc1ccc(S(=O)(=O)N2CCC(C(=O)Nc3cc(C)nn3Cc3ccccc3)CC2)cc1OC. The van der Waals surface area contributed by atoms with Gasteiger partial charge in [0.2, 0.25) is 15.9 Å². The number of anilines is 1. The van der Waals surface area contributed by atoms with Crippen molar-refractivity contribution in [1.82, 2.24) is 14.1 Å². The molecule has 0 aliphatic carbocycles. The molecule has 35 heavy (non-hydrogen) atoms. The van der Waals surface area contributed by atoms with E-state index in [9.17, 15) is 13.2 Å². The van der Waals surface area contributed by atoms with Crippen molar-refractivity contribution in [3.63, 3.8) is 0 Å². The minimum Gasteiger partial charge on any atom is -0.493 e. The summed E-state index contributed by atoms with van der Waals surface area (Å²) in [5, 5.41) is 7.50. The summed E-state index contributed by atoms with van der Waals surface area (Å²) in [5.41, 5.74) is 1.90. The molecule has 1 amide bonds. The highest BCUT2D eigenvalue weighted by atomic mass is 32.2. The van der Waals surface area contributed by atoms with Crippen molar-refractivity contribution in [2.75, 3.05) is 32.6 Å². The van der Waals surface area contributed by atoms with Gasteiger partial charge in [0, 0.05) is 31.1 Å². The van der Waals surface area contributed by atoms with Crippen molar-refractivity contribution in [2.24, 2.45) is 5.92 Å². The van der Waals surface area contributed by atoms with Gasteiger partial charge in [-0.05, 0) is 37.5 Å². The number of sulfonamides is 1. The summed E-state index contributed by atoms with van der Waals surface area (Å²) in [4.78, 5) is 13.1. The maximum Gasteiger partial charge on any atom is 0.243 e. The molecule has 10 heteroatoms. The van der Waals surface area contributed by atoms with E-state index in [4.69, 9.17) is 9.47 Å². The summed E-state index contributed by atoms with van der Waals surface area (Å²) in [5.74, 6) is 1.04. The van der Waals surface area contributed by atoms with Crippen LogP contribution in [0.3, 0.4) is 0 Å². The number of ether oxygens (including phenoxy) is 2. The van der Waals surface area contributed by atoms with Crippen molar-refractivity contribution in [2.45, 2.75) is 31.2 Å². The van der Waals surface area contributed by atoms with Crippen LogP contribution in [0.2, 0.25) is 0 Å². The first kappa shape index (κ1) is 24.7. The van der Waals surface area contributed by atoms with E-state index in [0.29, 0.717) is 36.7 Å². The largest absolute Gasteiger partial charge is 0.493 e. The van der Waals surface area contributed by atoms with Gasteiger partial charge < -0.3 is 14.8 Å². The van der Waals surface area contributed by atoms with Gasteiger partial charge in [-0.3, -0.25) is 4.79 Å². The van der Waals surface area contributed by atoms with Gasteiger partial charge in [0.05, 0.1) is 31.4 Å². The lowest BCUT2D eigenvalue weighted by Gasteiger charge is -2.30. The van der Waals surface area contributed by atoms with Crippen LogP contribution in [0.1, 0.15) is 24.1 Å². The highest BCUT2D eigenvalue weighted by Crippen LogP contribution is 2.32. The second-order valence-electron chi connectivity index (χ2n) is 8.50. The fourth-order valence-corrected chi connectivity index (χ4v) is 5.72. The Bertz CT molecular complexity index is 1280. The zero-order valence-corrected chi connectivity index (χ0v) is 20.9. The molecule has 3 aromatic rings. The van der Waals surface area contributed by atoms with Crippen molar-refractivity contribution in [3.05, 3.63) is 65.9 Å². The molecule has 0 saturated carbocycles. The van der Waals surface area contributed by atoms with Crippen LogP contribution < -0.4 is 14.8 Å². The molecule has 0 spiro atoms. The van der Waals surface area contributed by atoms with Crippen molar-refractivity contribution in [1.29, 1.82) is 0 Å². The van der Waals surface area contributed by atoms with Crippen molar-refractivity contribution >= 4 is 21.7 Å². The first-order chi connectivity index (χ1) is 16.8. The number of carbonyl (C=O) groups is 1. The lowest BCUT2D eigenvalue weighted by atomic mass is 9.97. The minimum absolute atomic E-state index is 0.123. The van der Waals surface area contributed by atoms with Crippen LogP contribution in [0.15, 0.2) is 59.5 Å². The number of aryl methyl sites for hydroxylation is 1. The second-order valence-corrected chi connectivity index (χ2v) is 10.4. The Morgan fingerprint density at radius 1 is 1.03 bits per heavy atom. The lowest BCUT2D eigenvalue weighted by Crippen LogP contribution is -2.41. The van der Waals surface area contributed by atoms with Crippen LogP contribution >= 0.6 is 0 Å². The number of amides is 1. The quantitative estimate of drug-likeness (QED) is 0.511. The molecule has 1 saturated heterocycles. The molecule has 1 aliphatic heterocycles. The van der Waals surface area contributed by atoms with Crippen LogP contribution in [0.5, 0.6) is 11.5 Å². The highest BCUT2D eigenvalue weighted by molar-refractivity contribution is 7.89. The number of aromatic nitrogens is 2. The normalized spacial score (nSPS) is 15.1. The predicted molar refractivity (Wildman–Crippen MR) is 132 cm³/mol. The third-order valence-electron chi connectivity index (χ3n) is 6.15. The Kier molecular flexibility index (Phi) is 7.42. The van der Waals surface area contributed by atoms with E-state index in [1.807, 2.05) is 43.3 Å². The molecular weight excluding hydrogens is 468 g/mol. The summed E-state index contributed by atoms with van der Waals surface area (Å²) >= 11 is 0. The number of carbonyl (C=O) groups excluding carboxylic acids is 1. The molecule has 1 fully saturated rings. The van der Waals surface area contributed by atoms with Gasteiger partial charge in [-0.2, -0.15) is 9.40 Å². The third kappa shape index (κ3) is 5.49. The fraction of sp³-hybridized carbons (Fsp3) is 0.360. The Labute approximate surface area is 205 Å². The van der Waals surface area contributed by atoms with E-state index in [2.05, 4.69) is 10.4 Å². The van der Waals surface area contributed by atoms with Crippen LogP contribution in [0.4, 0.5) is 5.82 Å². The smallest absolute Gasteiger partial charge is 0.243 e. The van der Waals surface area contributed by atoms with E-state index >= 15 is 0 Å². The number of hydrogen-bond donors (Lipinski definition) is 1. The van der Waals surface area contributed by atoms with Gasteiger partial charge in [-0.25, -0.2) is 13.1 Å². The van der Waals surface area contributed by atoms with E-state index in [1.165, 1.54) is 30.7 Å². The molecule has 0 bridgehead atoms. The maximum atomic E-state index is 13.2. The summed E-state index contributed by atoms with van der Waals surface area (Å²) in [7, 11) is -0.752. The Morgan fingerprint density at radius 3 is 2.37 bits per heavy atom. The second kappa shape index (κ2) is 10.5. The monoisotopic (exact) mass is 498 g/mol. The molecule has 0 atom stereocenters. The number of benzene rings is 2. The van der Waals surface area contributed by atoms with E-state index in [1.54, 1.807) is 10.7 Å². The Morgan fingerprint density at radius 2 is 1.71 bits per heavy atom. The molecule has 1 aliphatic rings. The molecule has 9 nitrogen and oxygen atoms in total. The van der Waals surface area contributed by atoms with Gasteiger partial charge in [0.15, 0.2) is 11.5 Å². The molecule has 186 valence electrons. The predicted octanol–water partition coefficient (Wildman–Crippen LogP) is 3.30. The van der Waals surface area contributed by atoms with Gasteiger partial charge in [-0.15, -0.1) is 0 Å². The minimum atomic E-state index is -3.71. The summed E-state index contributed by atoms with van der Waals surface area (Å²) in [6.07, 6.45) is 0.869. The zero-order valence-electron chi connectivity index (χ0n) is 20.1.